The van der Waals surface area contributed by atoms with E-state index in [0.717, 1.165) is 27.1 Å². The van der Waals surface area contributed by atoms with Crippen LogP contribution in [-0.4, -0.2) is 15.0 Å². The maximum absolute atomic E-state index is 5.85. The van der Waals surface area contributed by atoms with Crippen LogP contribution in [-0.2, 0) is 0 Å². The molecule has 0 bridgehead atoms. The third-order valence-corrected chi connectivity index (χ3v) is 3.25. The SMILES string of the molecule is Cc1ccc(Br)cc1-n1nnc(C(C)N)c1C. The van der Waals surface area contributed by atoms with Crippen LogP contribution in [0.4, 0.5) is 0 Å². The minimum absolute atomic E-state index is 0.101. The molecule has 0 aliphatic carbocycles. The van der Waals surface area contributed by atoms with Gasteiger partial charge in [0.25, 0.3) is 0 Å². The standard InChI is InChI=1S/C12H15BrN4/c1-7-4-5-10(13)6-11(7)17-9(3)12(8(2)14)15-16-17/h4-6,8H,14H2,1-3H3. The van der Waals surface area contributed by atoms with Gasteiger partial charge < -0.3 is 5.73 Å². The fraction of sp³-hybridized carbons (Fsp3) is 0.333. The average molecular weight is 295 g/mol. The summed E-state index contributed by atoms with van der Waals surface area (Å²) in [6.45, 7) is 5.95. The monoisotopic (exact) mass is 294 g/mol. The lowest BCUT2D eigenvalue weighted by molar-refractivity contribution is 0.755. The van der Waals surface area contributed by atoms with Crippen molar-refractivity contribution in [3.8, 4) is 5.69 Å². The van der Waals surface area contributed by atoms with E-state index in [4.69, 9.17) is 5.73 Å². The lowest BCUT2D eigenvalue weighted by Gasteiger charge is -2.08. The van der Waals surface area contributed by atoms with Crippen LogP contribution < -0.4 is 5.73 Å². The zero-order valence-electron chi connectivity index (χ0n) is 10.1. The number of aryl methyl sites for hydroxylation is 1. The first kappa shape index (κ1) is 12.3. The lowest BCUT2D eigenvalue weighted by Crippen LogP contribution is -2.08. The number of nitrogens with zero attached hydrogens (tertiary/aromatic N) is 3. The summed E-state index contributed by atoms with van der Waals surface area (Å²) in [6, 6.07) is 5.99. The van der Waals surface area contributed by atoms with Crippen LogP contribution in [0.2, 0.25) is 0 Å². The fourth-order valence-electron chi connectivity index (χ4n) is 1.80. The zero-order chi connectivity index (χ0) is 12.6. The Morgan fingerprint density at radius 1 is 1.35 bits per heavy atom. The predicted molar refractivity (Wildman–Crippen MR) is 71.1 cm³/mol. The maximum Gasteiger partial charge on any atom is 0.102 e. The van der Waals surface area contributed by atoms with Crippen LogP contribution >= 0.6 is 15.9 Å². The van der Waals surface area contributed by atoms with Crippen LogP contribution in [0.3, 0.4) is 0 Å². The largest absolute Gasteiger partial charge is 0.323 e. The van der Waals surface area contributed by atoms with Crippen LogP contribution in [0, 0.1) is 13.8 Å². The van der Waals surface area contributed by atoms with Gasteiger partial charge in [-0.15, -0.1) is 5.10 Å². The van der Waals surface area contributed by atoms with Crippen LogP contribution in [0.15, 0.2) is 22.7 Å². The van der Waals surface area contributed by atoms with Crippen molar-refractivity contribution in [2.75, 3.05) is 0 Å². The Morgan fingerprint density at radius 2 is 2.06 bits per heavy atom. The molecular formula is C12H15BrN4. The van der Waals surface area contributed by atoms with Crippen molar-refractivity contribution in [3.05, 3.63) is 39.6 Å². The highest BCUT2D eigenvalue weighted by Gasteiger charge is 2.14. The minimum Gasteiger partial charge on any atom is -0.323 e. The van der Waals surface area contributed by atoms with Crippen molar-refractivity contribution in [1.82, 2.24) is 15.0 Å². The molecule has 0 saturated heterocycles. The van der Waals surface area contributed by atoms with Crippen molar-refractivity contribution in [3.63, 3.8) is 0 Å². The molecule has 0 spiro atoms. The Morgan fingerprint density at radius 3 is 2.65 bits per heavy atom. The van der Waals surface area contributed by atoms with Crippen LogP contribution in [0.1, 0.15) is 29.9 Å². The second-order valence-corrected chi connectivity index (χ2v) is 5.11. The van der Waals surface area contributed by atoms with Crippen molar-refractivity contribution in [1.29, 1.82) is 0 Å². The molecule has 90 valence electrons. The highest BCUT2D eigenvalue weighted by molar-refractivity contribution is 9.10. The second-order valence-electron chi connectivity index (χ2n) is 4.19. The lowest BCUT2D eigenvalue weighted by atomic mass is 10.2. The number of aromatic nitrogens is 3. The van der Waals surface area contributed by atoms with E-state index in [1.165, 1.54) is 0 Å². The van der Waals surface area contributed by atoms with Gasteiger partial charge in [-0.1, -0.05) is 27.2 Å². The highest BCUT2D eigenvalue weighted by atomic mass is 79.9. The first-order valence-electron chi connectivity index (χ1n) is 5.45. The molecule has 2 rings (SSSR count). The number of halogens is 1. The van der Waals surface area contributed by atoms with Gasteiger partial charge in [-0.3, -0.25) is 0 Å². The van der Waals surface area contributed by atoms with Gasteiger partial charge in [-0.05, 0) is 38.5 Å². The van der Waals surface area contributed by atoms with E-state index in [1.807, 2.05) is 36.7 Å². The molecule has 0 amide bonds. The summed E-state index contributed by atoms with van der Waals surface area (Å²) < 4.78 is 2.86. The Balaban J connectivity index is 2.57. The molecule has 1 aromatic carbocycles. The molecule has 5 heteroatoms. The molecular weight excluding hydrogens is 280 g/mol. The van der Waals surface area contributed by atoms with Crippen molar-refractivity contribution in [2.45, 2.75) is 26.8 Å². The Kier molecular flexibility index (Phi) is 3.31. The molecule has 0 radical (unpaired) electrons. The summed E-state index contributed by atoms with van der Waals surface area (Å²) in [5, 5.41) is 8.31. The van der Waals surface area contributed by atoms with E-state index in [9.17, 15) is 0 Å². The zero-order valence-corrected chi connectivity index (χ0v) is 11.7. The van der Waals surface area contributed by atoms with Gasteiger partial charge >= 0.3 is 0 Å². The first-order valence-corrected chi connectivity index (χ1v) is 6.24. The third-order valence-electron chi connectivity index (χ3n) is 2.76. The van der Waals surface area contributed by atoms with Crippen LogP contribution in [0.5, 0.6) is 0 Å². The maximum atomic E-state index is 5.85. The molecule has 0 aliphatic rings. The Labute approximate surface area is 109 Å². The predicted octanol–water partition coefficient (Wildman–Crippen LogP) is 2.67. The summed E-state index contributed by atoms with van der Waals surface area (Å²) in [5.41, 5.74) is 9.85. The number of benzene rings is 1. The van der Waals surface area contributed by atoms with Gasteiger partial charge in [0.1, 0.15) is 5.69 Å². The number of hydrogen-bond donors (Lipinski definition) is 1. The summed E-state index contributed by atoms with van der Waals surface area (Å²) in [5.74, 6) is 0. The van der Waals surface area contributed by atoms with Crippen molar-refractivity contribution >= 4 is 15.9 Å². The fourth-order valence-corrected chi connectivity index (χ4v) is 2.15. The first-order chi connectivity index (χ1) is 8.00. The van der Waals surface area contributed by atoms with Crippen molar-refractivity contribution < 1.29 is 0 Å². The molecule has 2 N–H and O–H groups in total. The second kappa shape index (κ2) is 4.58. The third kappa shape index (κ3) is 2.25. The normalized spacial score (nSPS) is 12.8. The van der Waals surface area contributed by atoms with Gasteiger partial charge in [-0.25, -0.2) is 4.68 Å². The molecule has 2 aromatic rings. The van der Waals surface area contributed by atoms with E-state index >= 15 is 0 Å². The molecule has 0 saturated carbocycles. The molecule has 17 heavy (non-hydrogen) atoms. The summed E-state index contributed by atoms with van der Waals surface area (Å²) in [4.78, 5) is 0. The number of rotatable bonds is 2. The van der Waals surface area contributed by atoms with Gasteiger partial charge in [0.15, 0.2) is 0 Å². The summed E-state index contributed by atoms with van der Waals surface area (Å²) in [7, 11) is 0. The summed E-state index contributed by atoms with van der Waals surface area (Å²) >= 11 is 3.47. The highest BCUT2D eigenvalue weighted by Crippen LogP contribution is 2.22. The van der Waals surface area contributed by atoms with E-state index in [-0.39, 0.29) is 6.04 Å². The van der Waals surface area contributed by atoms with Gasteiger partial charge in [0.2, 0.25) is 0 Å². The minimum atomic E-state index is -0.101. The molecule has 1 unspecified atom stereocenters. The molecule has 0 fully saturated rings. The Bertz CT molecular complexity index is 545. The van der Waals surface area contributed by atoms with E-state index < -0.39 is 0 Å². The van der Waals surface area contributed by atoms with Gasteiger partial charge in [0.05, 0.1) is 11.4 Å². The van der Waals surface area contributed by atoms with E-state index in [2.05, 4.69) is 33.2 Å². The molecule has 4 nitrogen and oxygen atoms in total. The van der Waals surface area contributed by atoms with Crippen molar-refractivity contribution in [2.24, 2.45) is 5.73 Å². The Hall–Kier alpha value is -1.20. The number of nitrogens with two attached hydrogens (primary N) is 1. The summed E-state index contributed by atoms with van der Waals surface area (Å²) in [6.07, 6.45) is 0. The quantitative estimate of drug-likeness (QED) is 0.926. The average Bonchev–Trinajstić information content (AvgIpc) is 2.64. The van der Waals surface area contributed by atoms with Gasteiger partial charge in [0, 0.05) is 10.5 Å². The molecule has 0 aliphatic heterocycles. The van der Waals surface area contributed by atoms with E-state index in [0.29, 0.717) is 0 Å². The molecule has 1 atom stereocenters. The topological polar surface area (TPSA) is 56.7 Å². The molecule has 1 heterocycles. The van der Waals surface area contributed by atoms with E-state index in [1.54, 1.807) is 0 Å². The van der Waals surface area contributed by atoms with Crippen LogP contribution in [0.25, 0.3) is 5.69 Å². The molecule has 1 aromatic heterocycles. The number of hydrogen-bond acceptors (Lipinski definition) is 3. The van der Waals surface area contributed by atoms with Gasteiger partial charge in [-0.2, -0.15) is 0 Å². The smallest absolute Gasteiger partial charge is 0.102 e.